The molecular weight excluding hydrogens is 332 g/mol. The average molecular weight is 357 g/mol. The first-order valence-corrected chi connectivity index (χ1v) is 8.88. The lowest BCUT2D eigenvalue weighted by Gasteiger charge is -2.25. The van der Waals surface area contributed by atoms with Gasteiger partial charge < -0.3 is 10.6 Å². The van der Waals surface area contributed by atoms with Gasteiger partial charge in [-0.2, -0.15) is 0 Å². The topological polar surface area (TPSA) is 46.3 Å². The highest BCUT2D eigenvalue weighted by Crippen LogP contribution is 2.39. The van der Waals surface area contributed by atoms with Gasteiger partial charge in [0.15, 0.2) is 0 Å². The number of halogens is 1. The van der Waals surface area contributed by atoms with Crippen LogP contribution in [-0.4, -0.2) is 29.9 Å². The number of fused-ring (bicyclic) bond motifs is 1. The largest absolute Gasteiger partial charge is 0.341 e. The van der Waals surface area contributed by atoms with Crippen molar-refractivity contribution in [3.63, 3.8) is 0 Å². The fourth-order valence-corrected chi connectivity index (χ4v) is 4.44. The molecule has 2 aliphatic rings. The second-order valence-corrected chi connectivity index (χ2v) is 7.16. The van der Waals surface area contributed by atoms with Crippen LogP contribution in [0.2, 0.25) is 0 Å². The minimum absolute atomic E-state index is 0. The Bertz CT molecular complexity index is 667. The SMILES string of the molecule is Cl.NC1CCC2CN(C(=O)C(c3ccccc3)c3ccccc3)CC12. The zero-order valence-corrected chi connectivity index (χ0v) is 15.1. The van der Waals surface area contributed by atoms with Gasteiger partial charge >= 0.3 is 0 Å². The van der Waals surface area contributed by atoms with Crippen molar-refractivity contribution in [2.75, 3.05) is 13.1 Å². The van der Waals surface area contributed by atoms with Crippen molar-refractivity contribution in [3.8, 4) is 0 Å². The van der Waals surface area contributed by atoms with Crippen LogP contribution >= 0.6 is 12.4 Å². The molecule has 0 aromatic heterocycles. The predicted molar refractivity (Wildman–Crippen MR) is 103 cm³/mol. The first-order valence-electron chi connectivity index (χ1n) is 8.88. The van der Waals surface area contributed by atoms with Gasteiger partial charge in [0, 0.05) is 19.1 Å². The fraction of sp³-hybridized carbons (Fsp3) is 0.381. The molecule has 4 rings (SSSR count). The molecule has 0 bridgehead atoms. The maximum Gasteiger partial charge on any atom is 0.234 e. The van der Waals surface area contributed by atoms with E-state index in [-0.39, 0.29) is 30.3 Å². The lowest BCUT2D eigenvalue weighted by molar-refractivity contribution is -0.131. The Morgan fingerprint density at radius 1 is 0.920 bits per heavy atom. The summed E-state index contributed by atoms with van der Waals surface area (Å²) in [6.45, 7) is 1.69. The average Bonchev–Trinajstić information content (AvgIpc) is 3.19. The van der Waals surface area contributed by atoms with Crippen LogP contribution in [0.4, 0.5) is 0 Å². The molecule has 0 radical (unpaired) electrons. The number of benzene rings is 2. The zero-order chi connectivity index (χ0) is 16.5. The summed E-state index contributed by atoms with van der Waals surface area (Å²) in [5.74, 6) is 1.08. The van der Waals surface area contributed by atoms with Crippen molar-refractivity contribution in [3.05, 3.63) is 71.8 Å². The van der Waals surface area contributed by atoms with E-state index in [1.807, 2.05) is 36.4 Å². The lowest BCUT2D eigenvalue weighted by atomic mass is 9.90. The van der Waals surface area contributed by atoms with Gasteiger partial charge in [0.25, 0.3) is 0 Å². The van der Waals surface area contributed by atoms with Gasteiger partial charge in [-0.1, -0.05) is 60.7 Å². The normalized spacial score (nSPS) is 24.9. The molecule has 132 valence electrons. The summed E-state index contributed by atoms with van der Waals surface area (Å²) >= 11 is 0. The zero-order valence-electron chi connectivity index (χ0n) is 14.3. The van der Waals surface area contributed by atoms with E-state index < -0.39 is 0 Å². The van der Waals surface area contributed by atoms with E-state index in [4.69, 9.17) is 5.73 Å². The molecular formula is C21H25ClN2O. The smallest absolute Gasteiger partial charge is 0.234 e. The third-order valence-corrected chi connectivity index (χ3v) is 5.74. The number of carbonyl (C=O) groups excluding carboxylic acids is 1. The molecule has 3 nitrogen and oxygen atoms in total. The number of carbonyl (C=O) groups is 1. The monoisotopic (exact) mass is 356 g/mol. The second-order valence-electron chi connectivity index (χ2n) is 7.16. The van der Waals surface area contributed by atoms with Crippen LogP contribution in [0.1, 0.15) is 29.9 Å². The number of nitrogens with zero attached hydrogens (tertiary/aromatic N) is 1. The minimum Gasteiger partial charge on any atom is -0.341 e. The number of likely N-dealkylation sites (tertiary alicyclic amines) is 1. The highest BCUT2D eigenvalue weighted by atomic mass is 35.5. The quantitative estimate of drug-likeness (QED) is 0.915. The highest BCUT2D eigenvalue weighted by molar-refractivity contribution is 5.87. The molecule has 2 N–H and O–H groups in total. The number of hydrogen-bond acceptors (Lipinski definition) is 2. The maximum absolute atomic E-state index is 13.4. The van der Waals surface area contributed by atoms with Crippen molar-refractivity contribution in [2.45, 2.75) is 24.8 Å². The van der Waals surface area contributed by atoms with E-state index in [1.165, 1.54) is 0 Å². The van der Waals surface area contributed by atoms with E-state index in [2.05, 4.69) is 29.2 Å². The Balaban J connectivity index is 0.00000182. The molecule has 1 saturated heterocycles. The van der Waals surface area contributed by atoms with Gasteiger partial charge in [-0.15, -0.1) is 12.4 Å². The Kier molecular flexibility index (Phi) is 5.45. The van der Waals surface area contributed by atoms with Crippen LogP contribution in [0.3, 0.4) is 0 Å². The summed E-state index contributed by atoms with van der Waals surface area (Å²) in [6, 6.07) is 20.5. The summed E-state index contributed by atoms with van der Waals surface area (Å²) in [5, 5.41) is 0. The summed E-state index contributed by atoms with van der Waals surface area (Å²) < 4.78 is 0. The predicted octanol–water partition coefficient (Wildman–Crippen LogP) is 3.44. The third-order valence-electron chi connectivity index (χ3n) is 5.74. The molecule has 3 atom stereocenters. The Hall–Kier alpha value is -1.84. The summed E-state index contributed by atoms with van der Waals surface area (Å²) in [4.78, 5) is 15.4. The van der Waals surface area contributed by atoms with Crippen LogP contribution in [0.5, 0.6) is 0 Å². The van der Waals surface area contributed by atoms with Gasteiger partial charge in [-0.25, -0.2) is 0 Å². The first kappa shape index (κ1) is 18.0. The third kappa shape index (κ3) is 3.44. The van der Waals surface area contributed by atoms with Gasteiger partial charge in [0.05, 0.1) is 5.92 Å². The van der Waals surface area contributed by atoms with Crippen molar-refractivity contribution >= 4 is 18.3 Å². The van der Waals surface area contributed by atoms with E-state index >= 15 is 0 Å². The molecule has 3 unspecified atom stereocenters. The minimum atomic E-state index is -0.220. The molecule has 4 heteroatoms. The van der Waals surface area contributed by atoms with Gasteiger partial charge in [-0.05, 0) is 35.8 Å². The molecule has 1 amide bonds. The maximum atomic E-state index is 13.4. The number of rotatable bonds is 3. The van der Waals surface area contributed by atoms with E-state index in [1.54, 1.807) is 0 Å². The molecule has 2 aromatic rings. The van der Waals surface area contributed by atoms with Crippen molar-refractivity contribution in [2.24, 2.45) is 17.6 Å². The summed E-state index contributed by atoms with van der Waals surface area (Å²) in [7, 11) is 0. The van der Waals surface area contributed by atoms with Crippen molar-refractivity contribution in [1.82, 2.24) is 4.90 Å². The van der Waals surface area contributed by atoms with Crippen LogP contribution < -0.4 is 5.73 Å². The number of amides is 1. The van der Waals surface area contributed by atoms with E-state index in [0.717, 1.165) is 37.1 Å². The molecule has 2 fully saturated rings. The van der Waals surface area contributed by atoms with Crippen molar-refractivity contribution in [1.29, 1.82) is 0 Å². The Morgan fingerprint density at radius 2 is 1.48 bits per heavy atom. The number of nitrogens with two attached hydrogens (primary N) is 1. The van der Waals surface area contributed by atoms with Crippen LogP contribution in [0.15, 0.2) is 60.7 Å². The van der Waals surface area contributed by atoms with Crippen LogP contribution in [0, 0.1) is 11.8 Å². The molecule has 1 aliphatic heterocycles. The molecule has 2 aromatic carbocycles. The van der Waals surface area contributed by atoms with Crippen LogP contribution in [-0.2, 0) is 4.79 Å². The van der Waals surface area contributed by atoms with Gasteiger partial charge in [0.1, 0.15) is 0 Å². The van der Waals surface area contributed by atoms with Crippen molar-refractivity contribution < 1.29 is 4.79 Å². The van der Waals surface area contributed by atoms with E-state index in [9.17, 15) is 4.79 Å². The molecule has 1 saturated carbocycles. The second kappa shape index (κ2) is 7.59. The van der Waals surface area contributed by atoms with Gasteiger partial charge in [0.2, 0.25) is 5.91 Å². The Labute approximate surface area is 155 Å². The standard InChI is InChI=1S/C21H24N2O.ClH/c22-19-12-11-17-13-23(14-18(17)19)21(24)20(15-7-3-1-4-8-15)16-9-5-2-6-10-16;/h1-10,17-20H,11-14,22H2;1H. The summed E-state index contributed by atoms with van der Waals surface area (Å²) in [6.07, 6.45) is 2.27. The molecule has 25 heavy (non-hydrogen) atoms. The van der Waals surface area contributed by atoms with E-state index in [0.29, 0.717) is 11.8 Å². The first-order chi connectivity index (χ1) is 11.7. The molecule has 0 spiro atoms. The molecule has 1 aliphatic carbocycles. The van der Waals surface area contributed by atoms with Crippen LogP contribution in [0.25, 0.3) is 0 Å². The Morgan fingerprint density at radius 3 is 2.00 bits per heavy atom. The molecule has 1 heterocycles. The fourth-order valence-electron chi connectivity index (χ4n) is 4.44. The lowest BCUT2D eigenvalue weighted by Crippen LogP contribution is -2.36. The van der Waals surface area contributed by atoms with Gasteiger partial charge in [-0.3, -0.25) is 4.79 Å². The number of hydrogen-bond donors (Lipinski definition) is 1. The summed E-state index contributed by atoms with van der Waals surface area (Å²) in [5.41, 5.74) is 8.37. The highest BCUT2D eigenvalue weighted by Gasteiger charge is 2.43.